The average Bonchev–Trinajstić information content (AvgIpc) is 2.73. The number of nitrogens with zero attached hydrogens (tertiary/aromatic N) is 2. The van der Waals surface area contributed by atoms with Gasteiger partial charge in [0.2, 0.25) is 5.91 Å². The molecule has 2 amide bonds. The third kappa shape index (κ3) is 4.68. The van der Waals surface area contributed by atoms with Crippen molar-refractivity contribution in [1.29, 1.82) is 0 Å². The summed E-state index contributed by atoms with van der Waals surface area (Å²) in [6.07, 6.45) is 2.04. The van der Waals surface area contributed by atoms with Crippen LogP contribution in [0.15, 0.2) is 48.5 Å². The van der Waals surface area contributed by atoms with Gasteiger partial charge in [0.25, 0.3) is 11.6 Å². The zero-order valence-corrected chi connectivity index (χ0v) is 16.8. The van der Waals surface area contributed by atoms with Crippen molar-refractivity contribution in [1.82, 2.24) is 10.2 Å². The van der Waals surface area contributed by atoms with Gasteiger partial charge in [-0.1, -0.05) is 24.3 Å². The van der Waals surface area contributed by atoms with E-state index in [4.69, 9.17) is 4.74 Å². The lowest BCUT2D eigenvalue weighted by molar-refractivity contribution is -0.384. The fourth-order valence-corrected chi connectivity index (χ4v) is 3.76. The Morgan fingerprint density at radius 1 is 1.10 bits per heavy atom. The van der Waals surface area contributed by atoms with Crippen molar-refractivity contribution < 1.29 is 19.2 Å². The number of non-ortho nitro benzene ring substituents is 1. The summed E-state index contributed by atoms with van der Waals surface area (Å²) in [7, 11) is 1.58. The number of thioether (sulfide) groups is 1. The number of piperazine rings is 1. The van der Waals surface area contributed by atoms with Gasteiger partial charge in [0.15, 0.2) is 5.37 Å². The predicted molar refractivity (Wildman–Crippen MR) is 110 cm³/mol. The summed E-state index contributed by atoms with van der Waals surface area (Å²) < 4.78 is 5.16. The highest BCUT2D eigenvalue weighted by Crippen LogP contribution is 2.23. The molecule has 1 N–H and O–H groups in total. The van der Waals surface area contributed by atoms with Crippen LogP contribution < -0.4 is 10.1 Å². The number of hydrogen-bond acceptors (Lipinski definition) is 6. The number of rotatable bonds is 7. The second kappa shape index (κ2) is 8.95. The summed E-state index contributed by atoms with van der Waals surface area (Å²) in [5.41, 5.74) is 1.60. The number of amides is 2. The lowest BCUT2D eigenvalue weighted by atomic mass is 10.0. The zero-order valence-electron chi connectivity index (χ0n) is 16.0. The van der Waals surface area contributed by atoms with E-state index in [9.17, 15) is 19.7 Å². The van der Waals surface area contributed by atoms with Gasteiger partial charge in [0.1, 0.15) is 11.8 Å². The zero-order chi connectivity index (χ0) is 21.0. The molecule has 2 atom stereocenters. The first-order chi connectivity index (χ1) is 13.9. The Hall–Kier alpha value is -3.07. The third-order valence-corrected chi connectivity index (χ3v) is 5.57. The molecule has 1 aliphatic heterocycles. The number of carbonyl (C=O) groups is 2. The van der Waals surface area contributed by atoms with Crippen molar-refractivity contribution in [3.05, 3.63) is 69.8 Å². The topological polar surface area (TPSA) is 102 Å². The molecular formula is C20H21N3O5S. The monoisotopic (exact) mass is 415 g/mol. The number of nitrogens with one attached hydrogen (secondary N) is 1. The number of ether oxygens (including phenoxy) is 1. The Morgan fingerprint density at radius 2 is 1.72 bits per heavy atom. The minimum absolute atomic E-state index is 0.0181. The van der Waals surface area contributed by atoms with Crippen molar-refractivity contribution in [2.45, 2.75) is 24.4 Å². The van der Waals surface area contributed by atoms with Gasteiger partial charge >= 0.3 is 0 Å². The van der Waals surface area contributed by atoms with E-state index < -0.39 is 16.3 Å². The summed E-state index contributed by atoms with van der Waals surface area (Å²) in [6, 6.07) is 12.7. The molecule has 2 aromatic rings. The van der Waals surface area contributed by atoms with E-state index in [1.165, 1.54) is 23.9 Å². The molecule has 0 bridgehead atoms. The molecule has 8 nitrogen and oxygen atoms in total. The van der Waals surface area contributed by atoms with E-state index in [1.54, 1.807) is 42.5 Å². The lowest BCUT2D eigenvalue weighted by Crippen LogP contribution is -2.62. The van der Waals surface area contributed by atoms with Crippen molar-refractivity contribution >= 4 is 29.3 Å². The second-order valence-electron chi connectivity index (χ2n) is 6.58. The molecule has 29 heavy (non-hydrogen) atoms. The first-order valence-corrected chi connectivity index (χ1v) is 10.2. The van der Waals surface area contributed by atoms with Crippen LogP contribution in [-0.4, -0.2) is 46.4 Å². The number of methoxy groups -OCH3 is 1. The average molecular weight is 415 g/mol. The van der Waals surface area contributed by atoms with E-state index in [1.807, 2.05) is 12.1 Å². The van der Waals surface area contributed by atoms with Crippen LogP contribution >= 0.6 is 11.8 Å². The Bertz CT molecular complexity index is 901. The number of nitro groups is 1. The van der Waals surface area contributed by atoms with Gasteiger partial charge < -0.3 is 15.0 Å². The lowest BCUT2D eigenvalue weighted by Gasteiger charge is -2.38. The van der Waals surface area contributed by atoms with Gasteiger partial charge in [-0.05, 0) is 29.5 Å². The van der Waals surface area contributed by atoms with Crippen LogP contribution in [0.25, 0.3) is 0 Å². The molecule has 2 aromatic carbocycles. The maximum atomic E-state index is 12.9. The standard InChI is InChI=1S/C20H21N3O5S/c1-28-16-9-5-14(6-10-16)12-22-17(18(24)21-19(29-2)20(22)25)11-13-3-7-15(8-4-13)23(26)27/h3-10,17,19H,11-12H2,1-2H3,(H,21,24)/t17-,19-/m0/s1. The van der Waals surface area contributed by atoms with Gasteiger partial charge in [-0.25, -0.2) is 0 Å². The smallest absolute Gasteiger partial charge is 0.269 e. The van der Waals surface area contributed by atoms with E-state index in [2.05, 4.69) is 5.32 Å². The van der Waals surface area contributed by atoms with Gasteiger partial charge in [0.05, 0.1) is 12.0 Å². The van der Waals surface area contributed by atoms with Crippen LogP contribution in [0, 0.1) is 10.1 Å². The molecule has 1 heterocycles. The quantitative estimate of drug-likeness (QED) is 0.550. The highest BCUT2D eigenvalue weighted by Gasteiger charge is 2.40. The van der Waals surface area contributed by atoms with Crippen LogP contribution in [0.4, 0.5) is 5.69 Å². The first kappa shape index (κ1) is 20.7. The molecule has 3 rings (SSSR count). The predicted octanol–water partition coefficient (Wildman–Crippen LogP) is 2.36. The summed E-state index contributed by atoms with van der Waals surface area (Å²) in [6.45, 7) is 0.283. The van der Waals surface area contributed by atoms with E-state index in [0.717, 1.165) is 11.1 Å². The SMILES string of the molecule is COc1ccc(CN2C(=O)[C@H](SC)NC(=O)[C@@H]2Cc2ccc([N+](=O)[O-])cc2)cc1. The van der Waals surface area contributed by atoms with Crippen molar-refractivity contribution in [3.8, 4) is 5.75 Å². The van der Waals surface area contributed by atoms with Gasteiger partial charge in [-0.15, -0.1) is 11.8 Å². The van der Waals surface area contributed by atoms with Crippen LogP contribution in [-0.2, 0) is 22.6 Å². The van der Waals surface area contributed by atoms with E-state index in [-0.39, 0.29) is 30.5 Å². The number of nitro benzene ring substituents is 1. The third-order valence-electron chi connectivity index (χ3n) is 4.78. The second-order valence-corrected chi connectivity index (χ2v) is 7.52. The Morgan fingerprint density at radius 3 is 2.28 bits per heavy atom. The number of hydrogen-bond donors (Lipinski definition) is 1. The molecule has 1 fully saturated rings. The summed E-state index contributed by atoms with van der Waals surface area (Å²) in [5, 5.41) is 13.0. The summed E-state index contributed by atoms with van der Waals surface area (Å²) >= 11 is 1.27. The van der Waals surface area contributed by atoms with Crippen LogP contribution in [0.2, 0.25) is 0 Å². The van der Waals surface area contributed by atoms with Crippen LogP contribution in [0.1, 0.15) is 11.1 Å². The largest absolute Gasteiger partial charge is 0.497 e. The molecule has 1 aliphatic rings. The van der Waals surface area contributed by atoms with Crippen LogP contribution in [0.3, 0.4) is 0 Å². The fourth-order valence-electron chi connectivity index (χ4n) is 3.19. The molecule has 1 saturated heterocycles. The Labute approximate surface area is 172 Å². The van der Waals surface area contributed by atoms with E-state index >= 15 is 0 Å². The minimum atomic E-state index is -0.700. The molecule has 0 aliphatic carbocycles. The number of carbonyl (C=O) groups excluding carboxylic acids is 2. The normalized spacial score (nSPS) is 19.0. The van der Waals surface area contributed by atoms with Gasteiger partial charge in [-0.2, -0.15) is 0 Å². The summed E-state index contributed by atoms with van der Waals surface area (Å²) in [4.78, 5) is 37.6. The molecule has 0 unspecified atom stereocenters. The summed E-state index contributed by atoms with van der Waals surface area (Å²) in [5.74, 6) is 0.302. The van der Waals surface area contributed by atoms with Gasteiger partial charge in [0, 0.05) is 25.1 Å². The Balaban J connectivity index is 1.85. The van der Waals surface area contributed by atoms with Crippen LogP contribution in [0.5, 0.6) is 5.75 Å². The minimum Gasteiger partial charge on any atom is -0.497 e. The highest BCUT2D eigenvalue weighted by molar-refractivity contribution is 7.99. The van der Waals surface area contributed by atoms with Crippen molar-refractivity contribution in [2.75, 3.05) is 13.4 Å². The molecule has 0 aromatic heterocycles. The van der Waals surface area contributed by atoms with E-state index in [0.29, 0.717) is 5.75 Å². The van der Waals surface area contributed by atoms with Crippen molar-refractivity contribution in [3.63, 3.8) is 0 Å². The maximum absolute atomic E-state index is 12.9. The molecule has 152 valence electrons. The first-order valence-electron chi connectivity index (χ1n) is 8.93. The molecule has 9 heteroatoms. The van der Waals surface area contributed by atoms with Crippen molar-refractivity contribution in [2.24, 2.45) is 0 Å². The van der Waals surface area contributed by atoms with Gasteiger partial charge in [-0.3, -0.25) is 19.7 Å². The molecule has 0 radical (unpaired) electrons. The molecule has 0 spiro atoms. The number of benzene rings is 2. The fraction of sp³-hybridized carbons (Fsp3) is 0.300. The Kier molecular flexibility index (Phi) is 6.38. The molecular weight excluding hydrogens is 394 g/mol. The molecule has 0 saturated carbocycles. The maximum Gasteiger partial charge on any atom is 0.269 e. The highest BCUT2D eigenvalue weighted by atomic mass is 32.2.